The number of aliphatic hydroxyl groups is 1. The van der Waals surface area contributed by atoms with Crippen molar-refractivity contribution in [2.24, 2.45) is 0 Å². The van der Waals surface area contributed by atoms with E-state index in [4.69, 9.17) is 10.00 Å². The number of methoxy groups -OCH3 is 1. The first kappa shape index (κ1) is 14.1. The van der Waals surface area contributed by atoms with Gasteiger partial charge in [-0.25, -0.2) is 0 Å². The van der Waals surface area contributed by atoms with Crippen molar-refractivity contribution in [3.05, 3.63) is 54.1 Å². The Morgan fingerprint density at radius 1 is 1.05 bits per heavy atom. The van der Waals surface area contributed by atoms with E-state index in [0.29, 0.717) is 6.42 Å². The quantitative estimate of drug-likeness (QED) is 0.905. The molecule has 0 amide bonds. The zero-order valence-electron chi connectivity index (χ0n) is 11.4. The third-order valence-corrected chi connectivity index (χ3v) is 3.18. The summed E-state index contributed by atoms with van der Waals surface area (Å²) in [4.78, 5) is 0. The second-order valence-electron chi connectivity index (χ2n) is 4.65. The van der Waals surface area contributed by atoms with Gasteiger partial charge in [-0.05, 0) is 35.2 Å². The average Bonchev–Trinajstić information content (AvgIpc) is 2.48. The predicted molar refractivity (Wildman–Crippen MR) is 78.4 cm³/mol. The van der Waals surface area contributed by atoms with Crippen molar-refractivity contribution in [3.63, 3.8) is 0 Å². The molecule has 0 aliphatic carbocycles. The van der Waals surface area contributed by atoms with Gasteiger partial charge < -0.3 is 9.84 Å². The van der Waals surface area contributed by atoms with Crippen molar-refractivity contribution in [2.45, 2.75) is 18.9 Å². The van der Waals surface area contributed by atoms with Gasteiger partial charge in [-0.2, -0.15) is 5.26 Å². The number of ether oxygens (including phenoxy) is 1. The maximum absolute atomic E-state index is 9.61. The molecule has 2 aromatic rings. The maximum Gasteiger partial charge on any atom is 0.118 e. The Bertz CT molecular complexity index is 582. The molecule has 102 valence electrons. The monoisotopic (exact) mass is 267 g/mol. The van der Waals surface area contributed by atoms with Gasteiger partial charge in [0.1, 0.15) is 5.75 Å². The van der Waals surface area contributed by atoms with E-state index in [1.165, 1.54) is 0 Å². The molecule has 0 saturated heterocycles. The Balaban J connectivity index is 2.09. The van der Waals surface area contributed by atoms with Crippen LogP contribution >= 0.6 is 0 Å². The fourth-order valence-corrected chi connectivity index (χ4v) is 2.07. The zero-order chi connectivity index (χ0) is 14.4. The Labute approximate surface area is 119 Å². The summed E-state index contributed by atoms with van der Waals surface area (Å²) >= 11 is 0. The molecule has 3 nitrogen and oxygen atoms in total. The van der Waals surface area contributed by atoms with Crippen LogP contribution in [0.4, 0.5) is 0 Å². The standard InChI is InChI=1S/C17H17NO2/c1-20-17-8-6-15(7-9-17)14-4-2-13(3-5-14)12-16(19)10-11-18/h2-9,16,19H,10,12H2,1H3/t16-/m0/s1. The van der Waals surface area contributed by atoms with Gasteiger partial charge in [0.05, 0.1) is 25.7 Å². The first-order valence-corrected chi connectivity index (χ1v) is 6.51. The third-order valence-electron chi connectivity index (χ3n) is 3.18. The molecule has 0 radical (unpaired) electrons. The summed E-state index contributed by atoms with van der Waals surface area (Å²) in [5.41, 5.74) is 3.27. The molecule has 20 heavy (non-hydrogen) atoms. The molecule has 0 heterocycles. The Kier molecular flexibility index (Phi) is 4.75. The second kappa shape index (κ2) is 6.74. The molecule has 2 aromatic carbocycles. The van der Waals surface area contributed by atoms with Crippen LogP contribution in [0.3, 0.4) is 0 Å². The zero-order valence-corrected chi connectivity index (χ0v) is 11.4. The number of nitrogens with zero attached hydrogens (tertiary/aromatic N) is 1. The molecule has 0 unspecified atom stereocenters. The van der Waals surface area contributed by atoms with Gasteiger partial charge in [-0.15, -0.1) is 0 Å². The Hall–Kier alpha value is -2.31. The lowest BCUT2D eigenvalue weighted by atomic mass is 10.0. The van der Waals surface area contributed by atoms with E-state index in [1.807, 2.05) is 54.6 Å². The normalized spacial score (nSPS) is 11.7. The minimum absolute atomic E-state index is 0.167. The maximum atomic E-state index is 9.61. The van der Waals surface area contributed by atoms with Gasteiger partial charge in [0.15, 0.2) is 0 Å². The molecule has 0 aliphatic rings. The summed E-state index contributed by atoms with van der Waals surface area (Å²) in [7, 11) is 1.65. The number of aliphatic hydroxyl groups excluding tert-OH is 1. The van der Waals surface area contributed by atoms with E-state index < -0.39 is 6.10 Å². The molecule has 0 spiro atoms. The highest BCUT2D eigenvalue weighted by molar-refractivity contribution is 5.64. The van der Waals surface area contributed by atoms with Crippen LogP contribution in [-0.2, 0) is 6.42 Å². The fourth-order valence-electron chi connectivity index (χ4n) is 2.07. The van der Waals surface area contributed by atoms with Crippen LogP contribution < -0.4 is 4.74 Å². The van der Waals surface area contributed by atoms with E-state index in [1.54, 1.807) is 7.11 Å². The van der Waals surface area contributed by atoms with Gasteiger partial charge in [-0.1, -0.05) is 36.4 Å². The van der Waals surface area contributed by atoms with E-state index in [-0.39, 0.29) is 6.42 Å². The summed E-state index contributed by atoms with van der Waals surface area (Å²) in [5, 5.41) is 18.1. The van der Waals surface area contributed by atoms with Crippen LogP contribution in [0.1, 0.15) is 12.0 Å². The number of hydrogen-bond donors (Lipinski definition) is 1. The van der Waals surface area contributed by atoms with Gasteiger partial charge >= 0.3 is 0 Å². The molecule has 0 fully saturated rings. The number of rotatable bonds is 5. The molecule has 0 aromatic heterocycles. The first-order chi connectivity index (χ1) is 9.72. The highest BCUT2D eigenvalue weighted by Crippen LogP contribution is 2.23. The summed E-state index contributed by atoms with van der Waals surface area (Å²) < 4.78 is 5.14. The van der Waals surface area contributed by atoms with Gasteiger partial charge in [0, 0.05) is 0 Å². The van der Waals surface area contributed by atoms with Gasteiger partial charge in [0.2, 0.25) is 0 Å². The average molecular weight is 267 g/mol. The lowest BCUT2D eigenvalue weighted by Gasteiger charge is -2.08. The van der Waals surface area contributed by atoms with Crippen LogP contribution in [0.15, 0.2) is 48.5 Å². The molecule has 2 rings (SSSR count). The Morgan fingerprint density at radius 3 is 2.10 bits per heavy atom. The molecule has 3 heteroatoms. The van der Waals surface area contributed by atoms with Crippen LogP contribution in [0.5, 0.6) is 5.75 Å². The van der Waals surface area contributed by atoms with Crippen molar-refractivity contribution in [3.8, 4) is 22.9 Å². The topological polar surface area (TPSA) is 53.2 Å². The molecule has 0 aliphatic heterocycles. The largest absolute Gasteiger partial charge is 0.497 e. The summed E-state index contributed by atoms with van der Waals surface area (Å²) in [6.45, 7) is 0. The number of hydrogen-bond acceptors (Lipinski definition) is 3. The molecule has 1 N–H and O–H groups in total. The van der Waals surface area contributed by atoms with Crippen molar-refractivity contribution < 1.29 is 9.84 Å². The predicted octanol–water partition coefficient (Wildman–Crippen LogP) is 3.18. The fraction of sp³-hybridized carbons (Fsp3) is 0.235. The molecule has 0 bridgehead atoms. The molecular weight excluding hydrogens is 250 g/mol. The highest BCUT2D eigenvalue weighted by Gasteiger charge is 2.05. The molecule has 0 saturated carbocycles. The number of nitriles is 1. The lowest BCUT2D eigenvalue weighted by Crippen LogP contribution is -2.08. The second-order valence-corrected chi connectivity index (χ2v) is 4.65. The summed E-state index contributed by atoms with van der Waals surface area (Å²) in [5.74, 6) is 0.838. The van der Waals surface area contributed by atoms with E-state index in [0.717, 1.165) is 22.4 Å². The number of benzene rings is 2. The van der Waals surface area contributed by atoms with Crippen molar-refractivity contribution >= 4 is 0 Å². The van der Waals surface area contributed by atoms with Crippen LogP contribution in [0, 0.1) is 11.3 Å². The minimum Gasteiger partial charge on any atom is -0.497 e. The van der Waals surface area contributed by atoms with Crippen molar-refractivity contribution in [1.29, 1.82) is 5.26 Å². The summed E-state index contributed by atoms with van der Waals surface area (Å²) in [6, 6.07) is 17.9. The van der Waals surface area contributed by atoms with Crippen molar-refractivity contribution in [2.75, 3.05) is 7.11 Å². The molecular formula is C17H17NO2. The lowest BCUT2D eigenvalue weighted by molar-refractivity contribution is 0.180. The van der Waals surface area contributed by atoms with E-state index in [9.17, 15) is 5.11 Å². The smallest absolute Gasteiger partial charge is 0.118 e. The molecule has 1 atom stereocenters. The summed E-state index contributed by atoms with van der Waals surface area (Å²) in [6.07, 6.45) is 0.0864. The Morgan fingerprint density at radius 2 is 1.60 bits per heavy atom. The minimum atomic E-state index is -0.591. The van der Waals surface area contributed by atoms with Crippen LogP contribution in [0.2, 0.25) is 0 Å². The van der Waals surface area contributed by atoms with E-state index in [2.05, 4.69) is 0 Å². The van der Waals surface area contributed by atoms with Crippen LogP contribution in [-0.4, -0.2) is 18.3 Å². The first-order valence-electron chi connectivity index (χ1n) is 6.51. The highest BCUT2D eigenvalue weighted by atomic mass is 16.5. The van der Waals surface area contributed by atoms with Gasteiger partial charge in [0.25, 0.3) is 0 Å². The van der Waals surface area contributed by atoms with Crippen molar-refractivity contribution in [1.82, 2.24) is 0 Å². The van der Waals surface area contributed by atoms with E-state index >= 15 is 0 Å². The van der Waals surface area contributed by atoms with Crippen LogP contribution in [0.25, 0.3) is 11.1 Å². The van der Waals surface area contributed by atoms with Gasteiger partial charge in [-0.3, -0.25) is 0 Å². The third kappa shape index (κ3) is 3.59. The SMILES string of the molecule is COc1ccc(-c2ccc(C[C@@H](O)CC#N)cc2)cc1.